The SMILES string of the molecule is COc1cc(-c2nc3cc4nc5ccccc5[nH]c4cc3n2)cc(Br)c1OC. The molecule has 2 heterocycles. The van der Waals surface area contributed by atoms with Crippen molar-refractivity contribution in [3.63, 3.8) is 0 Å². The lowest BCUT2D eigenvalue weighted by molar-refractivity contribution is 0.353. The number of aromatic amines is 1. The summed E-state index contributed by atoms with van der Waals surface area (Å²) in [7, 11) is 3.21. The van der Waals surface area contributed by atoms with Crippen molar-refractivity contribution in [1.82, 2.24) is 19.9 Å². The summed E-state index contributed by atoms with van der Waals surface area (Å²) in [6.45, 7) is 0. The highest BCUT2D eigenvalue weighted by Gasteiger charge is 2.15. The number of benzene rings is 3. The molecule has 0 spiro atoms. The van der Waals surface area contributed by atoms with E-state index >= 15 is 0 Å². The van der Waals surface area contributed by atoms with E-state index < -0.39 is 0 Å². The van der Waals surface area contributed by atoms with Gasteiger partial charge in [-0.05, 0) is 52.3 Å². The van der Waals surface area contributed by atoms with Gasteiger partial charge in [0.25, 0.3) is 0 Å². The molecule has 138 valence electrons. The Hall–Kier alpha value is -3.19. The Bertz CT molecular complexity index is 1290. The molecular formula is C21H15BrN4O2. The van der Waals surface area contributed by atoms with Gasteiger partial charge in [0, 0.05) is 5.56 Å². The van der Waals surface area contributed by atoms with E-state index in [1.54, 1.807) is 14.2 Å². The molecule has 28 heavy (non-hydrogen) atoms. The van der Waals surface area contributed by atoms with E-state index in [1.165, 1.54) is 0 Å². The molecule has 7 heteroatoms. The number of ether oxygens (including phenoxy) is 2. The Kier molecular flexibility index (Phi) is 3.91. The Labute approximate surface area is 168 Å². The molecule has 0 fully saturated rings. The number of nitrogens with zero attached hydrogens (tertiary/aromatic N) is 3. The van der Waals surface area contributed by atoms with Gasteiger partial charge in [-0.3, -0.25) is 0 Å². The Morgan fingerprint density at radius 1 is 0.786 bits per heavy atom. The molecule has 0 saturated heterocycles. The summed E-state index contributed by atoms with van der Waals surface area (Å²) >= 11 is 3.52. The van der Waals surface area contributed by atoms with Gasteiger partial charge in [-0.15, -0.1) is 0 Å². The highest BCUT2D eigenvalue weighted by molar-refractivity contribution is 9.10. The van der Waals surface area contributed by atoms with Gasteiger partial charge in [0.05, 0.1) is 51.8 Å². The molecule has 0 saturated carbocycles. The van der Waals surface area contributed by atoms with Crippen molar-refractivity contribution in [2.45, 2.75) is 0 Å². The van der Waals surface area contributed by atoms with Gasteiger partial charge in [-0.25, -0.2) is 15.0 Å². The number of para-hydroxylation sites is 2. The van der Waals surface area contributed by atoms with Crippen molar-refractivity contribution in [2.75, 3.05) is 14.2 Å². The van der Waals surface area contributed by atoms with E-state index in [0.29, 0.717) is 17.3 Å². The number of hydrogen-bond donors (Lipinski definition) is 1. The second-order valence-corrected chi connectivity index (χ2v) is 7.21. The predicted octanol–water partition coefficient (Wildman–Crippen LogP) is 5.11. The van der Waals surface area contributed by atoms with Crippen LogP contribution in [0.25, 0.3) is 44.5 Å². The second-order valence-electron chi connectivity index (χ2n) is 6.35. The number of imidazole rings is 1. The third-order valence-corrected chi connectivity index (χ3v) is 5.24. The van der Waals surface area contributed by atoms with Crippen LogP contribution in [0, 0.1) is 0 Å². The molecule has 0 radical (unpaired) electrons. The summed E-state index contributed by atoms with van der Waals surface area (Å²) in [5.41, 5.74) is 6.12. The lowest BCUT2D eigenvalue weighted by atomic mass is 10.2. The van der Waals surface area contributed by atoms with Gasteiger partial charge >= 0.3 is 0 Å². The summed E-state index contributed by atoms with van der Waals surface area (Å²) in [5, 5.41) is 0. The molecule has 0 bridgehead atoms. The monoisotopic (exact) mass is 434 g/mol. The van der Waals surface area contributed by atoms with E-state index in [2.05, 4.69) is 20.9 Å². The van der Waals surface area contributed by atoms with Gasteiger partial charge < -0.3 is 14.5 Å². The molecule has 1 N–H and O–H groups in total. The van der Waals surface area contributed by atoms with Crippen LogP contribution in [0.5, 0.6) is 11.5 Å². The molecule has 3 aromatic carbocycles. The minimum Gasteiger partial charge on any atom is -0.493 e. The maximum Gasteiger partial charge on any atom is 0.174 e. The molecule has 6 nitrogen and oxygen atoms in total. The smallest absolute Gasteiger partial charge is 0.174 e. The first-order valence-corrected chi connectivity index (χ1v) is 9.44. The number of methoxy groups -OCH3 is 2. The fourth-order valence-electron chi connectivity index (χ4n) is 3.32. The number of hydrogen-bond acceptors (Lipinski definition) is 5. The van der Waals surface area contributed by atoms with Gasteiger partial charge in [0.15, 0.2) is 17.3 Å². The minimum absolute atomic E-state index is 0.618. The Balaban J connectivity index is 1.70. The van der Waals surface area contributed by atoms with Gasteiger partial charge in [0.1, 0.15) is 0 Å². The van der Waals surface area contributed by atoms with Crippen LogP contribution in [0.1, 0.15) is 0 Å². The van der Waals surface area contributed by atoms with Crippen molar-refractivity contribution in [1.29, 1.82) is 0 Å². The standard InChI is InChI=1S/C21H15BrN4O2/c1-27-19-8-11(7-12(22)20(19)28-2)21-25-17-9-15-16(10-18(17)26-21)24-14-6-4-3-5-13(14)23-15/h3-10,23H,1-2H3. The van der Waals surface area contributed by atoms with Crippen LogP contribution in [0.4, 0.5) is 0 Å². The van der Waals surface area contributed by atoms with Crippen molar-refractivity contribution in [2.24, 2.45) is 0 Å². The third-order valence-electron chi connectivity index (χ3n) is 4.65. The maximum atomic E-state index is 5.43. The zero-order valence-corrected chi connectivity index (χ0v) is 16.7. The van der Waals surface area contributed by atoms with E-state index in [1.807, 2.05) is 48.5 Å². The van der Waals surface area contributed by atoms with E-state index in [4.69, 9.17) is 24.4 Å². The Morgan fingerprint density at radius 2 is 1.57 bits per heavy atom. The molecule has 5 rings (SSSR count). The molecule has 0 aliphatic carbocycles. The first-order chi connectivity index (χ1) is 13.7. The number of aromatic nitrogens is 4. The number of rotatable bonds is 3. The lowest BCUT2D eigenvalue weighted by Gasteiger charge is -2.10. The molecule has 0 aliphatic heterocycles. The average molecular weight is 435 g/mol. The van der Waals surface area contributed by atoms with Crippen LogP contribution in [0.3, 0.4) is 0 Å². The molecule has 0 aliphatic rings. The predicted molar refractivity (Wildman–Crippen MR) is 113 cm³/mol. The number of fused-ring (bicyclic) bond motifs is 3. The molecule has 0 amide bonds. The summed E-state index contributed by atoms with van der Waals surface area (Å²) in [5.74, 6) is 1.88. The molecular weight excluding hydrogens is 420 g/mol. The fourth-order valence-corrected chi connectivity index (χ4v) is 3.92. The average Bonchev–Trinajstić information content (AvgIpc) is 3.12. The van der Waals surface area contributed by atoms with Crippen LogP contribution in [-0.4, -0.2) is 34.2 Å². The van der Waals surface area contributed by atoms with Crippen LogP contribution >= 0.6 is 15.9 Å². The summed E-state index contributed by atoms with van der Waals surface area (Å²) in [4.78, 5) is 17.6. The quantitative estimate of drug-likeness (QED) is 0.399. The molecule has 0 unspecified atom stereocenters. The highest BCUT2D eigenvalue weighted by atomic mass is 79.9. The summed E-state index contributed by atoms with van der Waals surface area (Å²) in [6.07, 6.45) is 0. The van der Waals surface area contributed by atoms with E-state index in [-0.39, 0.29) is 0 Å². The minimum atomic E-state index is 0.618. The molecule has 0 atom stereocenters. The lowest BCUT2D eigenvalue weighted by Crippen LogP contribution is -1.93. The van der Waals surface area contributed by atoms with Crippen molar-refractivity contribution in [3.8, 4) is 22.9 Å². The Morgan fingerprint density at radius 3 is 2.36 bits per heavy atom. The van der Waals surface area contributed by atoms with Crippen LogP contribution in [0.2, 0.25) is 0 Å². The molecule has 5 aromatic rings. The van der Waals surface area contributed by atoms with Gasteiger partial charge in [-0.2, -0.15) is 0 Å². The van der Waals surface area contributed by atoms with Gasteiger partial charge in [-0.1, -0.05) is 12.1 Å². The van der Waals surface area contributed by atoms with Crippen molar-refractivity contribution in [3.05, 3.63) is 53.0 Å². The summed E-state index contributed by atoms with van der Waals surface area (Å²) in [6, 6.07) is 15.7. The fraction of sp³-hybridized carbons (Fsp3) is 0.0952. The normalized spacial score (nSPS) is 11.4. The maximum absolute atomic E-state index is 5.43. The first kappa shape index (κ1) is 16.9. The number of nitrogens with one attached hydrogen (secondary N) is 1. The number of halogens is 1. The van der Waals surface area contributed by atoms with Crippen LogP contribution in [0.15, 0.2) is 53.0 Å². The zero-order chi connectivity index (χ0) is 19.3. The zero-order valence-electron chi connectivity index (χ0n) is 15.2. The van der Waals surface area contributed by atoms with Crippen molar-refractivity contribution >= 4 is 49.0 Å². The van der Waals surface area contributed by atoms with E-state index in [9.17, 15) is 0 Å². The highest BCUT2D eigenvalue weighted by Crippen LogP contribution is 2.39. The largest absolute Gasteiger partial charge is 0.493 e. The summed E-state index contributed by atoms with van der Waals surface area (Å²) < 4.78 is 11.6. The molecule has 2 aromatic heterocycles. The van der Waals surface area contributed by atoms with E-state index in [0.717, 1.165) is 43.1 Å². The number of H-pyrrole nitrogens is 1. The second kappa shape index (κ2) is 6.45. The van der Waals surface area contributed by atoms with Crippen LogP contribution in [-0.2, 0) is 0 Å². The van der Waals surface area contributed by atoms with Crippen molar-refractivity contribution < 1.29 is 9.47 Å². The van der Waals surface area contributed by atoms with Crippen LogP contribution < -0.4 is 9.47 Å². The first-order valence-electron chi connectivity index (χ1n) is 8.64. The van der Waals surface area contributed by atoms with Gasteiger partial charge in [0.2, 0.25) is 0 Å². The topological polar surface area (TPSA) is 72.9 Å². The third kappa shape index (κ3) is 2.66.